The molecule has 0 radical (unpaired) electrons. The highest BCUT2D eigenvalue weighted by Gasteiger charge is 2.12. The van der Waals surface area contributed by atoms with E-state index in [-0.39, 0.29) is 6.42 Å². The normalized spacial score (nSPS) is 10.2. The molecule has 12 heavy (non-hydrogen) atoms. The lowest BCUT2D eigenvalue weighted by atomic mass is 10.3. The lowest BCUT2D eigenvalue weighted by molar-refractivity contribution is -0.136. The fourth-order valence-corrected chi connectivity index (χ4v) is 1.57. The Bertz CT molecular complexity index is 300. The topological polar surface area (TPSA) is 66.0 Å². The van der Waals surface area contributed by atoms with Crippen molar-refractivity contribution in [2.75, 3.05) is 6.26 Å². The average molecular weight is 207 g/mol. The monoisotopic (exact) mass is 206 g/mol. The van der Waals surface area contributed by atoms with E-state index in [1.54, 1.807) is 0 Å². The van der Waals surface area contributed by atoms with Crippen molar-refractivity contribution in [3.63, 3.8) is 0 Å². The number of nitrogens with zero attached hydrogens (tertiary/aromatic N) is 1. The van der Waals surface area contributed by atoms with Crippen molar-refractivity contribution in [3.8, 4) is 0 Å². The molecule has 0 atom stereocenters. The SMILES string of the molecule is CSc1n[nH]c(CC(=O)O)c1Cl. The van der Waals surface area contributed by atoms with E-state index in [1.807, 2.05) is 6.26 Å². The smallest absolute Gasteiger partial charge is 0.309 e. The second kappa shape index (κ2) is 3.82. The second-order valence-corrected chi connectivity index (χ2v) is 3.27. The van der Waals surface area contributed by atoms with Gasteiger partial charge in [-0.1, -0.05) is 11.6 Å². The van der Waals surface area contributed by atoms with Crippen LogP contribution < -0.4 is 0 Å². The van der Waals surface area contributed by atoms with Crippen LogP contribution in [0.15, 0.2) is 5.03 Å². The van der Waals surface area contributed by atoms with E-state index in [4.69, 9.17) is 16.7 Å². The van der Waals surface area contributed by atoms with Gasteiger partial charge >= 0.3 is 5.97 Å². The van der Waals surface area contributed by atoms with Crippen LogP contribution in [0.2, 0.25) is 5.02 Å². The van der Waals surface area contributed by atoms with Crippen LogP contribution in [0, 0.1) is 0 Å². The number of thioether (sulfide) groups is 1. The van der Waals surface area contributed by atoms with Crippen LogP contribution >= 0.6 is 23.4 Å². The first-order chi connectivity index (χ1) is 5.65. The quantitative estimate of drug-likeness (QED) is 0.734. The van der Waals surface area contributed by atoms with Gasteiger partial charge in [0.1, 0.15) is 5.03 Å². The van der Waals surface area contributed by atoms with E-state index in [1.165, 1.54) is 11.8 Å². The van der Waals surface area contributed by atoms with Gasteiger partial charge in [-0.2, -0.15) is 5.10 Å². The van der Waals surface area contributed by atoms with E-state index in [2.05, 4.69) is 10.2 Å². The number of aromatic nitrogens is 2. The van der Waals surface area contributed by atoms with E-state index < -0.39 is 5.97 Å². The first-order valence-corrected chi connectivity index (χ1v) is 4.74. The Balaban J connectivity index is 2.87. The molecule has 1 aromatic heterocycles. The third-order valence-corrected chi connectivity index (χ3v) is 2.47. The van der Waals surface area contributed by atoms with Crippen LogP contribution in [0.4, 0.5) is 0 Å². The molecule has 0 saturated heterocycles. The first-order valence-electron chi connectivity index (χ1n) is 3.13. The molecule has 0 saturated carbocycles. The third kappa shape index (κ3) is 1.92. The van der Waals surface area contributed by atoms with E-state index >= 15 is 0 Å². The van der Waals surface area contributed by atoms with Crippen molar-refractivity contribution in [2.24, 2.45) is 0 Å². The fourth-order valence-electron chi connectivity index (χ4n) is 0.749. The van der Waals surface area contributed by atoms with Gasteiger partial charge in [0.15, 0.2) is 0 Å². The number of carbonyl (C=O) groups is 1. The molecule has 2 N–H and O–H groups in total. The summed E-state index contributed by atoms with van der Waals surface area (Å²) in [6.07, 6.45) is 1.71. The maximum Gasteiger partial charge on any atom is 0.309 e. The molecule has 0 bridgehead atoms. The number of aliphatic carboxylic acids is 1. The minimum absolute atomic E-state index is 0.119. The van der Waals surface area contributed by atoms with Crippen LogP contribution in [0.25, 0.3) is 0 Å². The zero-order valence-corrected chi connectivity index (χ0v) is 7.87. The van der Waals surface area contributed by atoms with Crippen molar-refractivity contribution in [1.29, 1.82) is 0 Å². The summed E-state index contributed by atoms with van der Waals surface area (Å²) in [5.41, 5.74) is 0.452. The van der Waals surface area contributed by atoms with Crippen molar-refractivity contribution < 1.29 is 9.90 Å². The van der Waals surface area contributed by atoms with Crippen LogP contribution in [0.3, 0.4) is 0 Å². The summed E-state index contributed by atoms with van der Waals surface area (Å²) in [6.45, 7) is 0. The van der Waals surface area contributed by atoms with Crippen molar-refractivity contribution in [1.82, 2.24) is 10.2 Å². The van der Waals surface area contributed by atoms with E-state index in [0.717, 1.165) is 0 Å². The molecule has 4 nitrogen and oxygen atoms in total. The first kappa shape index (κ1) is 9.41. The molecule has 0 spiro atoms. The van der Waals surface area contributed by atoms with Gasteiger partial charge in [-0.3, -0.25) is 9.89 Å². The molecule has 0 fully saturated rings. The van der Waals surface area contributed by atoms with Crippen LogP contribution in [0.1, 0.15) is 5.69 Å². The summed E-state index contributed by atoms with van der Waals surface area (Å²) in [5, 5.41) is 15.9. The standard InChI is InChI=1S/C6H7ClN2O2S/c1-12-6-5(7)3(8-9-6)2-4(10)11/h2H2,1H3,(H,8,9)(H,10,11). The minimum Gasteiger partial charge on any atom is -0.481 e. The summed E-state index contributed by atoms with van der Waals surface area (Å²) in [5.74, 6) is -0.923. The molecule has 0 aromatic carbocycles. The molecule has 66 valence electrons. The molecule has 6 heteroatoms. The van der Waals surface area contributed by atoms with Crippen molar-refractivity contribution >= 4 is 29.3 Å². The number of halogens is 1. The molecule has 0 aliphatic heterocycles. The van der Waals surface area contributed by atoms with Gasteiger partial charge in [-0.25, -0.2) is 0 Å². The molecule has 0 amide bonds. The maximum atomic E-state index is 10.3. The molecule has 1 heterocycles. The lowest BCUT2D eigenvalue weighted by Gasteiger charge is -1.91. The summed E-state index contributed by atoms with van der Waals surface area (Å²) in [6, 6.07) is 0. The predicted molar refractivity (Wildman–Crippen MR) is 46.7 cm³/mol. The largest absolute Gasteiger partial charge is 0.481 e. The van der Waals surface area contributed by atoms with Crippen LogP contribution in [-0.4, -0.2) is 27.5 Å². The highest BCUT2D eigenvalue weighted by molar-refractivity contribution is 7.98. The Morgan fingerprint density at radius 2 is 2.50 bits per heavy atom. The second-order valence-electron chi connectivity index (χ2n) is 2.10. The highest BCUT2D eigenvalue weighted by Crippen LogP contribution is 2.25. The van der Waals surface area contributed by atoms with Gasteiger partial charge in [0.25, 0.3) is 0 Å². The lowest BCUT2D eigenvalue weighted by Crippen LogP contribution is -2.00. The molecule has 0 aliphatic rings. The fraction of sp³-hybridized carbons (Fsp3) is 0.333. The number of nitrogens with one attached hydrogen (secondary N) is 1. The number of hydrogen-bond acceptors (Lipinski definition) is 3. The third-order valence-electron chi connectivity index (χ3n) is 1.27. The number of H-pyrrole nitrogens is 1. The van der Waals surface area contributed by atoms with Gasteiger partial charge in [0.05, 0.1) is 17.1 Å². The Hall–Kier alpha value is -0.680. The molecule has 0 aliphatic carbocycles. The van der Waals surface area contributed by atoms with Gasteiger partial charge in [-0.15, -0.1) is 11.8 Å². The molecule has 0 unspecified atom stereocenters. The Morgan fingerprint density at radius 3 is 2.92 bits per heavy atom. The number of hydrogen-bond donors (Lipinski definition) is 2. The number of carboxylic acids is 1. The number of rotatable bonds is 3. The average Bonchev–Trinajstić information content (AvgIpc) is 2.32. The van der Waals surface area contributed by atoms with Gasteiger partial charge in [0, 0.05) is 0 Å². The minimum atomic E-state index is -0.923. The number of carboxylic acid groups (broad SMARTS) is 1. The Morgan fingerprint density at radius 1 is 1.83 bits per heavy atom. The van der Waals surface area contributed by atoms with Crippen molar-refractivity contribution in [3.05, 3.63) is 10.7 Å². The summed E-state index contributed by atoms with van der Waals surface area (Å²) in [7, 11) is 0. The number of aromatic amines is 1. The van der Waals surface area contributed by atoms with Gasteiger partial charge in [0.2, 0.25) is 0 Å². The van der Waals surface area contributed by atoms with Crippen LogP contribution in [-0.2, 0) is 11.2 Å². The summed E-state index contributed by atoms with van der Waals surface area (Å²) >= 11 is 7.17. The Labute approximate surface area is 78.3 Å². The van der Waals surface area contributed by atoms with Gasteiger partial charge in [-0.05, 0) is 6.26 Å². The maximum absolute atomic E-state index is 10.3. The highest BCUT2D eigenvalue weighted by atomic mass is 35.5. The van der Waals surface area contributed by atoms with E-state index in [9.17, 15) is 4.79 Å². The Kier molecular flexibility index (Phi) is 2.99. The van der Waals surface area contributed by atoms with Crippen LogP contribution in [0.5, 0.6) is 0 Å². The predicted octanol–water partition coefficient (Wildman–Crippen LogP) is 1.41. The van der Waals surface area contributed by atoms with E-state index in [0.29, 0.717) is 15.7 Å². The van der Waals surface area contributed by atoms with Crippen molar-refractivity contribution in [2.45, 2.75) is 11.4 Å². The molecule has 1 rings (SSSR count). The molecular formula is C6H7ClN2O2S. The summed E-state index contributed by atoms with van der Waals surface area (Å²) in [4.78, 5) is 10.3. The molecule has 1 aromatic rings. The zero-order valence-electron chi connectivity index (χ0n) is 6.30. The zero-order chi connectivity index (χ0) is 9.14. The molecular weight excluding hydrogens is 200 g/mol. The van der Waals surface area contributed by atoms with Gasteiger partial charge < -0.3 is 5.11 Å². The summed E-state index contributed by atoms with van der Waals surface area (Å²) < 4.78 is 0.